The van der Waals surface area contributed by atoms with Crippen molar-refractivity contribution >= 4 is 34.0 Å². The van der Waals surface area contributed by atoms with E-state index in [4.69, 9.17) is 25.8 Å². The number of thiazole rings is 1. The van der Waals surface area contributed by atoms with Gasteiger partial charge in [-0.25, -0.2) is 4.98 Å². The molecule has 1 heterocycles. The van der Waals surface area contributed by atoms with Gasteiger partial charge in [-0.15, -0.1) is 11.3 Å². The van der Waals surface area contributed by atoms with E-state index in [9.17, 15) is 4.79 Å². The third-order valence-electron chi connectivity index (χ3n) is 4.55. The molecule has 8 heteroatoms. The van der Waals surface area contributed by atoms with E-state index < -0.39 is 0 Å². The van der Waals surface area contributed by atoms with Gasteiger partial charge in [0, 0.05) is 28.1 Å². The van der Waals surface area contributed by atoms with Crippen LogP contribution in [0.25, 0.3) is 0 Å². The lowest BCUT2D eigenvalue weighted by Gasteiger charge is -2.15. The highest BCUT2D eigenvalue weighted by Crippen LogP contribution is 2.40. The molecule has 1 amide bonds. The maximum atomic E-state index is 12.6. The summed E-state index contributed by atoms with van der Waals surface area (Å²) in [5.41, 5.74) is 2.84. The van der Waals surface area contributed by atoms with Gasteiger partial charge >= 0.3 is 0 Å². The smallest absolute Gasteiger partial charge is 0.230 e. The standard InChI is InChI=1S/C22H23ClN2O4S/c1-13-5-6-14(10-17(13)23)9-16-12-24-22(30-16)25-19(26)11-15-7-8-18(27-2)21(29-4)20(15)28-3/h5-8,10,12H,9,11H2,1-4H3,(H,24,25,26). The predicted octanol–water partition coefficient (Wildman–Crippen LogP) is 4.90. The molecule has 1 aromatic heterocycles. The SMILES string of the molecule is COc1ccc(CC(=O)Nc2ncc(Cc3ccc(C)c(Cl)c3)s2)c(OC)c1OC. The minimum atomic E-state index is -0.195. The van der Waals surface area contributed by atoms with Crippen LogP contribution < -0.4 is 19.5 Å². The van der Waals surface area contributed by atoms with E-state index in [1.807, 2.05) is 25.1 Å². The molecule has 0 unspecified atom stereocenters. The Hall–Kier alpha value is -2.77. The fraction of sp³-hybridized carbons (Fsp3) is 0.273. The van der Waals surface area contributed by atoms with Crippen molar-refractivity contribution in [2.24, 2.45) is 0 Å². The number of carbonyl (C=O) groups excluding carboxylic acids is 1. The summed E-state index contributed by atoms with van der Waals surface area (Å²) in [6, 6.07) is 9.53. The summed E-state index contributed by atoms with van der Waals surface area (Å²) in [6.07, 6.45) is 2.59. The number of benzene rings is 2. The molecule has 1 N–H and O–H groups in total. The van der Waals surface area contributed by atoms with Crippen LogP contribution in [-0.4, -0.2) is 32.2 Å². The number of hydrogen-bond donors (Lipinski definition) is 1. The number of aromatic nitrogens is 1. The van der Waals surface area contributed by atoms with Gasteiger partial charge in [0.05, 0.1) is 27.8 Å². The van der Waals surface area contributed by atoms with Crippen LogP contribution in [-0.2, 0) is 17.6 Å². The third kappa shape index (κ3) is 5.04. The first-order valence-electron chi connectivity index (χ1n) is 9.22. The summed E-state index contributed by atoms with van der Waals surface area (Å²) >= 11 is 7.64. The average molecular weight is 447 g/mol. The van der Waals surface area contributed by atoms with E-state index in [1.165, 1.54) is 25.6 Å². The minimum Gasteiger partial charge on any atom is -0.493 e. The van der Waals surface area contributed by atoms with Gasteiger partial charge in [0.2, 0.25) is 11.7 Å². The zero-order valence-corrected chi connectivity index (χ0v) is 18.8. The first kappa shape index (κ1) is 21.9. The Morgan fingerprint density at radius 2 is 1.87 bits per heavy atom. The summed E-state index contributed by atoms with van der Waals surface area (Å²) in [5.74, 6) is 1.28. The fourth-order valence-electron chi connectivity index (χ4n) is 3.03. The van der Waals surface area contributed by atoms with E-state index in [2.05, 4.69) is 10.3 Å². The highest BCUT2D eigenvalue weighted by atomic mass is 35.5. The molecule has 3 aromatic rings. The summed E-state index contributed by atoms with van der Waals surface area (Å²) in [5, 5.41) is 4.14. The van der Waals surface area contributed by atoms with Crippen molar-refractivity contribution in [2.45, 2.75) is 19.8 Å². The number of aryl methyl sites for hydroxylation is 1. The number of methoxy groups -OCH3 is 3. The lowest BCUT2D eigenvalue weighted by molar-refractivity contribution is -0.115. The maximum absolute atomic E-state index is 12.6. The number of anilines is 1. The maximum Gasteiger partial charge on any atom is 0.230 e. The topological polar surface area (TPSA) is 69.7 Å². The van der Waals surface area contributed by atoms with E-state index in [-0.39, 0.29) is 12.3 Å². The van der Waals surface area contributed by atoms with Gasteiger partial charge in [0.15, 0.2) is 16.6 Å². The first-order valence-corrected chi connectivity index (χ1v) is 10.4. The van der Waals surface area contributed by atoms with Crippen LogP contribution in [0.15, 0.2) is 36.5 Å². The normalized spacial score (nSPS) is 10.6. The van der Waals surface area contributed by atoms with Crippen molar-refractivity contribution in [3.8, 4) is 17.2 Å². The second kappa shape index (κ2) is 9.82. The lowest BCUT2D eigenvalue weighted by atomic mass is 10.1. The number of amides is 1. The van der Waals surface area contributed by atoms with E-state index >= 15 is 0 Å². The van der Waals surface area contributed by atoms with Crippen LogP contribution in [0.4, 0.5) is 5.13 Å². The molecular formula is C22H23ClN2O4S. The Kier molecular flexibility index (Phi) is 7.18. The number of nitrogens with zero attached hydrogens (tertiary/aromatic N) is 1. The average Bonchev–Trinajstić information content (AvgIpc) is 3.16. The van der Waals surface area contributed by atoms with Gasteiger partial charge in [-0.05, 0) is 30.2 Å². The monoisotopic (exact) mass is 446 g/mol. The summed E-state index contributed by atoms with van der Waals surface area (Å²) in [7, 11) is 4.61. The molecule has 0 bridgehead atoms. The summed E-state index contributed by atoms with van der Waals surface area (Å²) < 4.78 is 16.1. The van der Waals surface area contributed by atoms with E-state index in [1.54, 1.807) is 25.4 Å². The highest BCUT2D eigenvalue weighted by Gasteiger charge is 2.18. The molecule has 6 nitrogen and oxygen atoms in total. The van der Waals surface area contributed by atoms with Gasteiger partial charge in [-0.3, -0.25) is 4.79 Å². The quantitative estimate of drug-likeness (QED) is 0.532. The fourth-order valence-corrected chi connectivity index (χ4v) is 4.10. The molecule has 0 spiro atoms. The van der Waals surface area contributed by atoms with Crippen LogP contribution in [0.1, 0.15) is 21.6 Å². The van der Waals surface area contributed by atoms with Gasteiger partial charge in [-0.1, -0.05) is 29.8 Å². The minimum absolute atomic E-state index is 0.117. The largest absolute Gasteiger partial charge is 0.493 e. The zero-order valence-electron chi connectivity index (χ0n) is 17.2. The van der Waals surface area contributed by atoms with Crippen LogP contribution in [0.3, 0.4) is 0 Å². The van der Waals surface area contributed by atoms with Crippen LogP contribution in [0.5, 0.6) is 17.2 Å². The van der Waals surface area contributed by atoms with Crippen LogP contribution in [0, 0.1) is 6.92 Å². The molecule has 0 fully saturated rings. The molecule has 0 saturated carbocycles. The number of halogens is 1. The van der Waals surface area contributed by atoms with Gasteiger partial charge in [-0.2, -0.15) is 0 Å². The Morgan fingerprint density at radius 3 is 2.53 bits per heavy atom. The number of nitrogens with one attached hydrogen (secondary N) is 1. The molecule has 0 radical (unpaired) electrons. The van der Waals surface area contributed by atoms with Gasteiger partial charge in [0.25, 0.3) is 0 Å². The second-order valence-electron chi connectivity index (χ2n) is 6.61. The highest BCUT2D eigenvalue weighted by molar-refractivity contribution is 7.15. The van der Waals surface area contributed by atoms with Crippen LogP contribution >= 0.6 is 22.9 Å². The number of rotatable bonds is 8. The molecule has 0 saturated heterocycles. The Bertz CT molecular complexity index is 1050. The first-order chi connectivity index (χ1) is 14.4. The van der Waals surface area contributed by atoms with Crippen molar-refractivity contribution in [3.05, 3.63) is 63.1 Å². The van der Waals surface area contributed by atoms with Crippen LogP contribution in [0.2, 0.25) is 5.02 Å². The molecule has 0 atom stereocenters. The Labute approximate surface area is 184 Å². The van der Waals surface area contributed by atoms with E-state index in [0.717, 1.165) is 21.0 Å². The molecule has 158 valence electrons. The molecule has 0 aliphatic heterocycles. The van der Waals surface area contributed by atoms with E-state index in [0.29, 0.717) is 34.4 Å². The van der Waals surface area contributed by atoms with Crippen molar-refractivity contribution in [2.75, 3.05) is 26.6 Å². The van der Waals surface area contributed by atoms with Crippen molar-refractivity contribution in [1.82, 2.24) is 4.98 Å². The number of carbonyl (C=O) groups is 1. The molecule has 30 heavy (non-hydrogen) atoms. The van der Waals surface area contributed by atoms with Crippen molar-refractivity contribution in [3.63, 3.8) is 0 Å². The number of hydrogen-bond acceptors (Lipinski definition) is 6. The molecular weight excluding hydrogens is 424 g/mol. The van der Waals surface area contributed by atoms with Gasteiger partial charge < -0.3 is 19.5 Å². The zero-order chi connectivity index (χ0) is 21.7. The third-order valence-corrected chi connectivity index (χ3v) is 5.87. The molecule has 2 aromatic carbocycles. The van der Waals surface area contributed by atoms with Gasteiger partial charge in [0.1, 0.15) is 0 Å². The summed E-state index contributed by atoms with van der Waals surface area (Å²) in [4.78, 5) is 17.9. The molecule has 3 rings (SSSR count). The van der Waals surface area contributed by atoms with Crippen molar-refractivity contribution in [1.29, 1.82) is 0 Å². The molecule has 0 aliphatic rings. The molecule has 0 aliphatic carbocycles. The Balaban J connectivity index is 1.68. The second-order valence-corrected chi connectivity index (χ2v) is 8.13. The van der Waals surface area contributed by atoms with Crippen molar-refractivity contribution < 1.29 is 19.0 Å². The predicted molar refractivity (Wildman–Crippen MR) is 120 cm³/mol. The summed E-state index contributed by atoms with van der Waals surface area (Å²) in [6.45, 7) is 1.97. The lowest BCUT2D eigenvalue weighted by Crippen LogP contribution is -2.15. The number of ether oxygens (including phenoxy) is 3. The Morgan fingerprint density at radius 1 is 1.10 bits per heavy atom.